The summed E-state index contributed by atoms with van der Waals surface area (Å²) in [6, 6.07) is 5.37. The number of rotatable bonds is 4. The van der Waals surface area contributed by atoms with E-state index >= 15 is 0 Å². The molecule has 1 unspecified atom stereocenters. The lowest BCUT2D eigenvalue weighted by Gasteiger charge is -2.34. The Morgan fingerprint density at radius 1 is 1.08 bits per heavy atom. The molecule has 2 aliphatic rings. The van der Waals surface area contributed by atoms with Gasteiger partial charge >= 0.3 is 5.97 Å². The third-order valence-corrected chi connectivity index (χ3v) is 6.87. The number of piperidine rings is 1. The summed E-state index contributed by atoms with van der Waals surface area (Å²) in [4.78, 5) is 51.4. The molecule has 0 radical (unpaired) electrons. The summed E-state index contributed by atoms with van der Waals surface area (Å²) in [6.07, 6.45) is 5.25. The standard InChI is InChI=1S/C28H28F2N4O4/c1-16(2)38-28(37)20-15-34(26(35)17-8-9-21(29)22(30)13-17)23(27(36)33-11-4-3-5-12-33)14-19-18-7-6-10-31-25(18)32-24(19)20/h6-10,13,15-16,23H,3-5,11-12,14H2,1-2H3,(H,31,32). The van der Waals surface area contributed by atoms with Gasteiger partial charge in [-0.25, -0.2) is 18.6 Å². The first-order valence-electron chi connectivity index (χ1n) is 12.7. The number of pyridine rings is 1. The van der Waals surface area contributed by atoms with E-state index < -0.39 is 35.7 Å². The highest BCUT2D eigenvalue weighted by molar-refractivity contribution is 6.18. The van der Waals surface area contributed by atoms with Crippen LogP contribution in [0.2, 0.25) is 0 Å². The summed E-state index contributed by atoms with van der Waals surface area (Å²) < 4.78 is 33.2. The molecule has 1 atom stereocenters. The minimum Gasteiger partial charge on any atom is -0.459 e. The lowest BCUT2D eigenvalue weighted by molar-refractivity contribution is -0.140. The number of ether oxygens (including phenoxy) is 1. The molecule has 38 heavy (non-hydrogen) atoms. The number of hydrogen-bond donors (Lipinski definition) is 1. The first-order chi connectivity index (χ1) is 18.2. The second-order valence-corrected chi connectivity index (χ2v) is 9.82. The van der Waals surface area contributed by atoms with Gasteiger partial charge in [0.1, 0.15) is 11.7 Å². The zero-order valence-electron chi connectivity index (χ0n) is 21.2. The van der Waals surface area contributed by atoms with E-state index in [1.165, 1.54) is 6.20 Å². The van der Waals surface area contributed by atoms with Gasteiger partial charge in [0.15, 0.2) is 11.6 Å². The van der Waals surface area contributed by atoms with Crippen LogP contribution in [-0.2, 0) is 20.7 Å². The molecule has 5 rings (SSSR count). The quantitative estimate of drug-likeness (QED) is 0.518. The fourth-order valence-corrected chi connectivity index (χ4v) is 5.05. The van der Waals surface area contributed by atoms with E-state index in [9.17, 15) is 23.2 Å². The topological polar surface area (TPSA) is 95.6 Å². The molecule has 4 heterocycles. The number of H-pyrrole nitrogens is 1. The van der Waals surface area contributed by atoms with Crippen molar-refractivity contribution >= 4 is 34.4 Å². The zero-order valence-corrected chi connectivity index (χ0v) is 21.2. The van der Waals surface area contributed by atoms with Gasteiger partial charge in [-0.05, 0) is 69.0 Å². The largest absolute Gasteiger partial charge is 0.459 e. The number of aromatic amines is 1. The van der Waals surface area contributed by atoms with Gasteiger partial charge in [0.2, 0.25) is 5.91 Å². The number of benzene rings is 1. The number of halogens is 2. The second kappa shape index (κ2) is 10.4. The minimum absolute atomic E-state index is 0.0385. The normalized spacial score (nSPS) is 17.7. The van der Waals surface area contributed by atoms with Crippen molar-refractivity contribution in [1.82, 2.24) is 19.8 Å². The maximum absolute atomic E-state index is 14.1. The molecule has 10 heteroatoms. The number of esters is 1. The van der Waals surface area contributed by atoms with Gasteiger partial charge in [-0.1, -0.05) is 0 Å². The Morgan fingerprint density at radius 3 is 2.55 bits per heavy atom. The maximum atomic E-state index is 14.1. The summed E-state index contributed by atoms with van der Waals surface area (Å²) in [5.41, 5.74) is 1.48. The molecule has 3 aromatic rings. The number of amides is 2. The van der Waals surface area contributed by atoms with Crippen LogP contribution in [0.1, 0.15) is 54.7 Å². The molecule has 8 nitrogen and oxygen atoms in total. The van der Waals surface area contributed by atoms with E-state index in [1.54, 1.807) is 31.0 Å². The van der Waals surface area contributed by atoms with Crippen molar-refractivity contribution in [3.05, 3.63) is 71.2 Å². The fourth-order valence-electron chi connectivity index (χ4n) is 5.05. The van der Waals surface area contributed by atoms with Crippen LogP contribution in [0, 0.1) is 11.6 Å². The number of nitrogens with one attached hydrogen (secondary N) is 1. The van der Waals surface area contributed by atoms with E-state index in [4.69, 9.17) is 4.74 Å². The van der Waals surface area contributed by atoms with Gasteiger partial charge < -0.3 is 19.5 Å². The molecule has 0 bridgehead atoms. The van der Waals surface area contributed by atoms with Crippen LogP contribution in [0.5, 0.6) is 0 Å². The Morgan fingerprint density at radius 2 is 1.84 bits per heavy atom. The van der Waals surface area contributed by atoms with Gasteiger partial charge in [-0.15, -0.1) is 0 Å². The molecule has 2 aliphatic heterocycles. The Kier molecular flexibility index (Phi) is 6.96. The molecular formula is C28H28F2N4O4. The highest BCUT2D eigenvalue weighted by Gasteiger charge is 2.39. The SMILES string of the molecule is CC(C)OC(=O)C1=CN(C(=O)c2ccc(F)c(F)c2)C(C(=O)N2CCCCC2)Cc2c1[nH]c1ncccc21. The third-order valence-electron chi connectivity index (χ3n) is 6.87. The van der Waals surface area contributed by atoms with Crippen molar-refractivity contribution in [2.75, 3.05) is 13.1 Å². The highest BCUT2D eigenvalue weighted by Crippen LogP contribution is 2.34. The molecule has 1 fully saturated rings. The van der Waals surface area contributed by atoms with Crippen molar-refractivity contribution in [2.24, 2.45) is 0 Å². The lowest BCUT2D eigenvalue weighted by atomic mass is 9.99. The number of carbonyl (C=O) groups is 3. The fraction of sp³-hybridized carbons (Fsp3) is 0.357. The summed E-state index contributed by atoms with van der Waals surface area (Å²) in [5, 5.41) is 0.712. The van der Waals surface area contributed by atoms with Gasteiger partial charge in [-0.3, -0.25) is 9.59 Å². The molecule has 1 aromatic carbocycles. The summed E-state index contributed by atoms with van der Waals surface area (Å²) in [7, 11) is 0. The van der Waals surface area contributed by atoms with Crippen LogP contribution in [0.3, 0.4) is 0 Å². The maximum Gasteiger partial charge on any atom is 0.342 e. The molecule has 0 spiro atoms. The Balaban J connectivity index is 1.68. The summed E-state index contributed by atoms with van der Waals surface area (Å²) in [5.74, 6) is -3.98. The van der Waals surface area contributed by atoms with E-state index in [2.05, 4.69) is 9.97 Å². The molecule has 0 saturated carbocycles. The number of hydrogen-bond acceptors (Lipinski definition) is 5. The first kappa shape index (κ1) is 25.6. The summed E-state index contributed by atoms with van der Waals surface area (Å²) >= 11 is 0. The van der Waals surface area contributed by atoms with Gasteiger partial charge in [0.25, 0.3) is 5.91 Å². The van der Waals surface area contributed by atoms with E-state index in [-0.39, 0.29) is 23.5 Å². The number of nitrogens with zero attached hydrogens (tertiary/aromatic N) is 3. The smallest absolute Gasteiger partial charge is 0.342 e. The van der Waals surface area contributed by atoms with Crippen LogP contribution < -0.4 is 0 Å². The van der Waals surface area contributed by atoms with Crippen LogP contribution in [-0.4, -0.2) is 62.8 Å². The van der Waals surface area contributed by atoms with E-state index in [0.717, 1.165) is 42.4 Å². The zero-order chi connectivity index (χ0) is 27.0. The van der Waals surface area contributed by atoms with Crippen LogP contribution in [0.25, 0.3) is 16.6 Å². The monoisotopic (exact) mass is 522 g/mol. The Bertz CT molecular complexity index is 1440. The number of fused-ring (bicyclic) bond motifs is 3. The molecule has 2 amide bonds. The molecule has 0 aliphatic carbocycles. The Hall–Kier alpha value is -4.08. The number of likely N-dealkylation sites (tertiary alicyclic amines) is 1. The van der Waals surface area contributed by atoms with E-state index in [0.29, 0.717) is 35.4 Å². The minimum atomic E-state index is -1.18. The lowest BCUT2D eigenvalue weighted by Crippen LogP contribution is -2.51. The predicted molar refractivity (Wildman–Crippen MR) is 136 cm³/mol. The molecule has 1 N–H and O–H groups in total. The summed E-state index contributed by atoms with van der Waals surface area (Å²) in [6.45, 7) is 4.51. The second-order valence-electron chi connectivity index (χ2n) is 9.82. The van der Waals surface area contributed by atoms with Crippen LogP contribution in [0.4, 0.5) is 8.78 Å². The Labute approximate surface area is 218 Å². The van der Waals surface area contributed by atoms with Crippen molar-refractivity contribution in [3.63, 3.8) is 0 Å². The van der Waals surface area contributed by atoms with Gasteiger partial charge in [0.05, 0.1) is 17.4 Å². The predicted octanol–water partition coefficient (Wildman–Crippen LogP) is 4.21. The van der Waals surface area contributed by atoms with E-state index in [1.807, 2.05) is 6.07 Å². The molecule has 198 valence electrons. The molecule has 2 aromatic heterocycles. The first-order valence-corrected chi connectivity index (χ1v) is 12.7. The van der Waals surface area contributed by atoms with Crippen LogP contribution in [0.15, 0.2) is 42.7 Å². The van der Waals surface area contributed by atoms with Crippen LogP contribution >= 0.6 is 0 Å². The average molecular weight is 523 g/mol. The van der Waals surface area contributed by atoms with Crippen molar-refractivity contribution < 1.29 is 27.9 Å². The average Bonchev–Trinajstić information content (AvgIpc) is 3.17. The van der Waals surface area contributed by atoms with Gasteiger partial charge in [-0.2, -0.15) is 0 Å². The number of carbonyl (C=O) groups excluding carboxylic acids is 3. The number of aromatic nitrogens is 2. The molecule has 1 saturated heterocycles. The van der Waals surface area contributed by atoms with Crippen molar-refractivity contribution in [1.29, 1.82) is 0 Å². The van der Waals surface area contributed by atoms with Crippen molar-refractivity contribution in [3.8, 4) is 0 Å². The highest BCUT2D eigenvalue weighted by atomic mass is 19.2. The van der Waals surface area contributed by atoms with Gasteiger partial charge in [0, 0.05) is 42.9 Å². The third kappa shape index (κ3) is 4.78. The van der Waals surface area contributed by atoms with Crippen molar-refractivity contribution in [2.45, 2.75) is 51.7 Å². The molecular weight excluding hydrogens is 494 g/mol.